The lowest BCUT2D eigenvalue weighted by molar-refractivity contribution is -0.139. The molecule has 1 aromatic rings. The number of nitrogens with one attached hydrogen (secondary N) is 1. The molecule has 1 saturated carbocycles. The zero-order valence-electron chi connectivity index (χ0n) is 11.2. The van der Waals surface area contributed by atoms with Crippen molar-refractivity contribution < 1.29 is 14.7 Å². The van der Waals surface area contributed by atoms with Gasteiger partial charge < -0.3 is 10.4 Å². The van der Waals surface area contributed by atoms with E-state index in [2.05, 4.69) is 10.3 Å². The van der Waals surface area contributed by atoms with Gasteiger partial charge in [-0.2, -0.15) is 0 Å². The molecule has 2 rings (SSSR count). The molecule has 1 unspecified atom stereocenters. The Morgan fingerprint density at radius 1 is 1.50 bits per heavy atom. The molecule has 0 radical (unpaired) electrons. The summed E-state index contributed by atoms with van der Waals surface area (Å²) in [6.45, 7) is 2.01. The fraction of sp³-hybridized carbons (Fsp3) is 0.500. The van der Waals surface area contributed by atoms with Crippen LogP contribution in [0.15, 0.2) is 12.1 Å². The van der Waals surface area contributed by atoms with E-state index in [-0.39, 0.29) is 11.1 Å². The van der Waals surface area contributed by atoms with Gasteiger partial charge in [-0.25, -0.2) is 9.78 Å². The molecular weight excluding hydrogens is 280 g/mol. The molecule has 0 aliphatic heterocycles. The molecule has 0 spiro atoms. The van der Waals surface area contributed by atoms with Crippen LogP contribution in [-0.4, -0.2) is 28.0 Å². The van der Waals surface area contributed by atoms with Gasteiger partial charge in [-0.1, -0.05) is 24.9 Å². The van der Waals surface area contributed by atoms with Crippen LogP contribution < -0.4 is 5.32 Å². The van der Waals surface area contributed by atoms with Gasteiger partial charge in [0.15, 0.2) is 0 Å². The van der Waals surface area contributed by atoms with E-state index < -0.39 is 17.9 Å². The van der Waals surface area contributed by atoms with Gasteiger partial charge in [0.2, 0.25) is 0 Å². The number of halogens is 1. The number of amides is 1. The normalized spacial score (nSPS) is 15.7. The lowest BCUT2D eigenvalue weighted by Gasteiger charge is -2.14. The summed E-state index contributed by atoms with van der Waals surface area (Å²) in [6, 6.07) is 2.31. The average Bonchev–Trinajstić information content (AvgIpc) is 3.19. The lowest BCUT2D eigenvalue weighted by Crippen LogP contribution is -2.42. The van der Waals surface area contributed by atoms with Crippen molar-refractivity contribution in [1.82, 2.24) is 10.3 Å². The molecule has 0 aromatic carbocycles. The summed E-state index contributed by atoms with van der Waals surface area (Å²) in [7, 11) is 0. The number of carbonyl (C=O) groups excluding carboxylic acids is 1. The predicted octanol–water partition coefficient (Wildman–Crippen LogP) is 2.28. The minimum Gasteiger partial charge on any atom is -0.480 e. The molecule has 6 heteroatoms. The van der Waals surface area contributed by atoms with E-state index in [9.17, 15) is 9.59 Å². The zero-order valence-corrected chi connectivity index (χ0v) is 12.0. The first-order valence-electron chi connectivity index (χ1n) is 6.71. The number of carbonyl (C=O) groups is 2. The maximum atomic E-state index is 12.1. The van der Waals surface area contributed by atoms with E-state index in [1.807, 2.05) is 6.92 Å². The van der Waals surface area contributed by atoms with E-state index in [0.717, 1.165) is 31.4 Å². The molecule has 20 heavy (non-hydrogen) atoms. The summed E-state index contributed by atoms with van der Waals surface area (Å²) in [6.07, 6.45) is 3.31. The van der Waals surface area contributed by atoms with Crippen molar-refractivity contribution in [3.8, 4) is 0 Å². The molecule has 1 fully saturated rings. The molecular formula is C14H17ClN2O3. The number of carboxylic acid groups (broad SMARTS) is 1. The molecule has 1 heterocycles. The van der Waals surface area contributed by atoms with E-state index in [4.69, 9.17) is 16.7 Å². The third-order valence-corrected chi connectivity index (χ3v) is 3.46. The Morgan fingerprint density at radius 3 is 2.75 bits per heavy atom. The highest BCUT2D eigenvalue weighted by molar-refractivity contribution is 6.29. The Kier molecular flexibility index (Phi) is 4.60. The quantitative estimate of drug-likeness (QED) is 0.789. The predicted molar refractivity (Wildman–Crippen MR) is 74.9 cm³/mol. The number of hydrogen-bond acceptors (Lipinski definition) is 3. The summed E-state index contributed by atoms with van der Waals surface area (Å²) in [5, 5.41) is 11.9. The monoisotopic (exact) mass is 296 g/mol. The second-order valence-electron chi connectivity index (χ2n) is 5.05. The largest absolute Gasteiger partial charge is 0.480 e. The van der Waals surface area contributed by atoms with Crippen LogP contribution in [-0.2, 0) is 11.2 Å². The number of nitrogens with zero attached hydrogens (tertiary/aromatic N) is 1. The zero-order chi connectivity index (χ0) is 14.7. The van der Waals surface area contributed by atoms with Crippen LogP contribution in [0.5, 0.6) is 0 Å². The molecule has 1 aliphatic rings. The number of carboxylic acids is 1. The van der Waals surface area contributed by atoms with Crippen LogP contribution in [0.1, 0.15) is 42.2 Å². The fourth-order valence-electron chi connectivity index (χ4n) is 2.10. The van der Waals surface area contributed by atoms with Crippen LogP contribution in [0.3, 0.4) is 0 Å². The first-order chi connectivity index (χ1) is 9.51. The van der Waals surface area contributed by atoms with Gasteiger partial charge in [-0.3, -0.25) is 4.79 Å². The van der Waals surface area contributed by atoms with Gasteiger partial charge in [-0.05, 0) is 37.3 Å². The van der Waals surface area contributed by atoms with Gasteiger partial charge >= 0.3 is 5.97 Å². The number of hydrogen-bond donors (Lipinski definition) is 2. The van der Waals surface area contributed by atoms with Crippen molar-refractivity contribution in [2.45, 2.75) is 38.6 Å². The summed E-state index contributed by atoms with van der Waals surface area (Å²) in [5.41, 5.74) is 1.10. The second-order valence-corrected chi connectivity index (χ2v) is 5.43. The molecule has 1 aromatic heterocycles. The summed E-state index contributed by atoms with van der Waals surface area (Å²) < 4.78 is 0. The van der Waals surface area contributed by atoms with Gasteiger partial charge in [0, 0.05) is 11.3 Å². The van der Waals surface area contributed by atoms with Crippen molar-refractivity contribution in [1.29, 1.82) is 0 Å². The van der Waals surface area contributed by atoms with Crippen LogP contribution in [0.2, 0.25) is 5.15 Å². The Hall–Kier alpha value is -1.62. The molecule has 0 bridgehead atoms. The van der Waals surface area contributed by atoms with Gasteiger partial charge in [0.25, 0.3) is 5.91 Å². The standard InChI is InChI=1S/C14H17ClN2O3/c1-2-3-10-6-9(7-11(15)16-10)13(18)17-12(14(19)20)8-4-5-8/h6-8,12H,2-5H2,1H3,(H,17,18)(H,19,20). The Bertz CT molecular complexity index is 529. The van der Waals surface area contributed by atoms with Gasteiger partial charge in [0.1, 0.15) is 11.2 Å². The third kappa shape index (κ3) is 3.70. The van der Waals surface area contributed by atoms with Crippen molar-refractivity contribution >= 4 is 23.5 Å². The van der Waals surface area contributed by atoms with Crippen LogP contribution in [0.4, 0.5) is 0 Å². The Balaban J connectivity index is 2.13. The molecule has 0 saturated heterocycles. The SMILES string of the molecule is CCCc1cc(C(=O)NC(C(=O)O)C2CC2)cc(Cl)n1. The molecule has 1 amide bonds. The van der Waals surface area contributed by atoms with E-state index in [0.29, 0.717) is 5.56 Å². The molecule has 5 nitrogen and oxygen atoms in total. The highest BCUT2D eigenvalue weighted by Gasteiger charge is 2.37. The summed E-state index contributed by atoms with van der Waals surface area (Å²) >= 11 is 5.90. The van der Waals surface area contributed by atoms with Crippen LogP contribution in [0, 0.1) is 5.92 Å². The van der Waals surface area contributed by atoms with Crippen LogP contribution >= 0.6 is 11.6 Å². The number of aliphatic carboxylic acids is 1. The summed E-state index contributed by atoms with van der Waals surface area (Å²) in [5.74, 6) is -1.36. The van der Waals surface area contributed by atoms with Crippen molar-refractivity contribution in [3.05, 3.63) is 28.5 Å². The summed E-state index contributed by atoms with van der Waals surface area (Å²) in [4.78, 5) is 27.4. The van der Waals surface area contributed by atoms with E-state index >= 15 is 0 Å². The van der Waals surface area contributed by atoms with E-state index in [1.165, 1.54) is 6.07 Å². The van der Waals surface area contributed by atoms with Gasteiger partial charge in [-0.15, -0.1) is 0 Å². The Morgan fingerprint density at radius 2 is 2.20 bits per heavy atom. The van der Waals surface area contributed by atoms with Crippen molar-refractivity contribution in [3.63, 3.8) is 0 Å². The lowest BCUT2D eigenvalue weighted by atomic mass is 10.1. The smallest absolute Gasteiger partial charge is 0.326 e. The Labute approximate surface area is 122 Å². The first kappa shape index (κ1) is 14.8. The van der Waals surface area contributed by atoms with Crippen molar-refractivity contribution in [2.24, 2.45) is 5.92 Å². The topological polar surface area (TPSA) is 79.3 Å². The maximum absolute atomic E-state index is 12.1. The highest BCUT2D eigenvalue weighted by atomic mass is 35.5. The fourth-order valence-corrected chi connectivity index (χ4v) is 2.33. The molecule has 108 valence electrons. The first-order valence-corrected chi connectivity index (χ1v) is 7.09. The molecule has 1 atom stereocenters. The highest BCUT2D eigenvalue weighted by Crippen LogP contribution is 2.32. The van der Waals surface area contributed by atoms with Crippen molar-refractivity contribution in [2.75, 3.05) is 0 Å². The minimum atomic E-state index is -0.991. The van der Waals surface area contributed by atoms with E-state index in [1.54, 1.807) is 6.07 Å². The molecule has 2 N–H and O–H groups in total. The number of rotatable bonds is 6. The number of aromatic nitrogens is 1. The number of pyridine rings is 1. The average molecular weight is 297 g/mol. The van der Waals surface area contributed by atoms with Gasteiger partial charge in [0.05, 0.1) is 0 Å². The maximum Gasteiger partial charge on any atom is 0.326 e. The number of aryl methyl sites for hydroxylation is 1. The minimum absolute atomic E-state index is 0.0453. The second kappa shape index (κ2) is 6.22. The van der Waals surface area contributed by atoms with Crippen LogP contribution in [0.25, 0.3) is 0 Å². The third-order valence-electron chi connectivity index (χ3n) is 3.26. The molecule has 1 aliphatic carbocycles.